The van der Waals surface area contributed by atoms with Crippen molar-refractivity contribution in [3.05, 3.63) is 0 Å². The van der Waals surface area contributed by atoms with Gasteiger partial charge in [-0.1, -0.05) is 342 Å². The molecule has 0 aromatic heterocycles. The Balaban J connectivity index is 4.06. The van der Waals surface area contributed by atoms with E-state index in [2.05, 4.69) is 20.8 Å². The lowest BCUT2D eigenvalue weighted by molar-refractivity contribution is -0.167. The molecule has 0 saturated carbocycles. The van der Waals surface area contributed by atoms with Gasteiger partial charge in [-0.2, -0.15) is 0 Å². The first-order valence-electron chi connectivity index (χ1n) is 32.5. The first-order valence-corrected chi connectivity index (χ1v) is 32.5. The molecule has 1 unspecified atom stereocenters. The van der Waals surface area contributed by atoms with E-state index in [1.165, 1.54) is 283 Å². The van der Waals surface area contributed by atoms with Crippen LogP contribution in [0.3, 0.4) is 0 Å². The van der Waals surface area contributed by atoms with Gasteiger partial charge in [-0.25, -0.2) is 0 Å². The zero-order valence-corrected chi connectivity index (χ0v) is 48.5. The van der Waals surface area contributed by atoms with Gasteiger partial charge < -0.3 is 14.2 Å². The Morgan fingerprint density at radius 1 is 0.225 bits per heavy atom. The highest BCUT2D eigenvalue weighted by Crippen LogP contribution is 2.19. The number of ether oxygens (including phenoxy) is 3. The number of carbonyl (C=O) groups is 3. The van der Waals surface area contributed by atoms with E-state index in [1.807, 2.05) is 0 Å². The van der Waals surface area contributed by atoms with Gasteiger partial charge in [-0.15, -0.1) is 0 Å². The van der Waals surface area contributed by atoms with Gasteiger partial charge in [0.05, 0.1) is 0 Å². The van der Waals surface area contributed by atoms with Crippen LogP contribution in [0.5, 0.6) is 0 Å². The fourth-order valence-electron chi connectivity index (χ4n) is 10.2. The molecule has 0 bridgehead atoms. The second-order valence-corrected chi connectivity index (χ2v) is 22.4. The molecular formula is C65H126O6. The van der Waals surface area contributed by atoms with Crippen LogP contribution in [0, 0.1) is 0 Å². The van der Waals surface area contributed by atoms with Gasteiger partial charge in [0.15, 0.2) is 6.10 Å². The lowest BCUT2D eigenvalue weighted by Crippen LogP contribution is -2.30. The van der Waals surface area contributed by atoms with Gasteiger partial charge in [0.1, 0.15) is 13.2 Å². The number of hydrogen-bond acceptors (Lipinski definition) is 6. The van der Waals surface area contributed by atoms with E-state index in [0.29, 0.717) is 19.3 Å². The van der Waals surface area contributed by atoms with Crippen molar-refractivity contribution < 1.29 is 28.6 Å². The summed E-state index contributed by atoms with van der Waals surface area (Å²) in [7, 11) is 0. The van der Waals surface area contributed by atoms with Crippen LogP contribution in [0.25, 0.3) is 0 Å². The molecule has 0 spiro atoms. The summed E-state index contributed by atoms with van der Waals surface area (Å²) in [5, 5.41) is 0. The Bertz CT molecular complexity index is 1060. The molecule has 0 N–H and O–H groups in total. The minimum Gasteiger partial charge on any atom is -0.462 e. The molecule has 0 radical (unpaired) electrons. The molecule has 422 valence electrons. The first-order chi connectivity index (χ1) is 35.0. The van der Waals surface area contributed by atoms with E-state index in [1.54, 1.807) is 0 Å². The topological polar surface area (TPSA) is 78.9 Å². The molecule has 71 heavy (non-hydrogen) atoms. The molecule has 0 saturated heterocycles. The van der Waals surface area contributed by atoms with Crippen molar-refractivity contribution in [2.45, 2.75) is 386 Å². The molecule has 0 aliphatic heterocycles. The molecule has 0 amide bonds. The van der Waals surface area contributed by atoms with Gasteiger partial charge in [-0.05, 0) is 19.3 Å². The molecule has 0 heterocycles. The highest BCUT2D eigenvalue weighted by molar-refractivity contribution is 5.71. The van der Waals surface area contributed by atoms with E-state index in [4.69, 9.17) is 14.2 Å². The maximum atomic E-state index is 12.9. The first kappa shape index (κ1) is 69.4. The summed E-state index contributed by atoms with van der Waals surface area (Å²) < 4.78 is 16.9. The van der Waals surface area contributed by atoms with Crippen LogP contribution < -0.4 is 0 Å². The van der Waals surface area contributed by atoms with Gasteiger partial charge in [-0.3, -0.25) is 14.4 Å². The maximum Gasteiger partial charge on any atom is 0.306 e. The lowest BCUT2D eigenvalue weighted by atomic mass is 10.0. The smallest absolute Gasteiger partial charge is 0.306 e. The summed E-state index contributed by atoms with van der Waals surface area (Å²) in [4.78, 5) is 38.2. The molecule has 0 aliphatic carbocycles. The molecule has 6 nitrogen and oxygen atoms in total. The molecule has 6 heteroatoms. The summed E-state index contributed by atoms with van der Waals surface area (Å²) >= 11 is 0. The molecule has 0 aromatic carbocycles. The number of carbonyl (C=O) groups excluding carboxylic acids is 3. The standard InChI is InChI=1S/C65H126O6/c1-4-7-10-13-16-19-22-24-26-27-28-29-30-31-32-33-34-35-36-37-38-40-41-43-46-49-52-55-58-64(67)70-61-62(60-69-63(66)57-54-51-48-45-21-18-15-12-9-6-3)71-65(68)59-56-53-50-47-44-42-39-25-23-20-17-14-11-8-5-2/h62H,4-61H2,1-3H3. The van der Waals surface area contributed by atoms with E-state index < -0.39 is 6.10 Å². The van der Waals surface area contributed by atoms with Gasteiger partial charge in [0, 0.05) is 19.3 Å². The van der Waals surface area contributed by atoms with Crippen LogP contribution in [-0.4, -0.2) is 37.2 Å². The second kappa shape index (κ2) is 61.0. The minimum absolute atomic E-state index is 0.0610. The van der Waals surface area contributed by atoms with Crippen LogP contribution in [0.4, 0.5) is 0 Å². The third-order valence-corrected chi connectivity index (χ3v) is 15.1. The SMILES string of the molecule is CCCCCCCCCCCCCCCCCCCCCCCCCCCCCCC(=O)OCC(COC(=O)CCCCCCCCCCCC)OC(=O)CCCCCCCCCCCCCCCCC. The third-order valence-electron chi connectivity index (χ3n) is 15.1. The van der Waals surface area contributed by atoms with Crippen molar-refractivity contribution in [3.63, 3.8) is 0 Å². The fourth-order valence-corrected chi connectivity index (χ4v) is 10.2. The van der Waals surface area contributed by atoms with Gasteiger partial charge in [0.2, 0.25) is 0 Å². The number of esters is 3. The van der Waals surface area contributed by atoms with Crippen LogP contribution >= 0.6 is 0 Å². The summed E-state index contributed by atoms with van der Waals surface area (Å²) in [5.41, 5.74) is 0. The Morgan fingerprint density at radius 2 is 0.380 bits per heavy atom. The fraction of sp³-hybridized carbons (Fsp3) is 0.954. The average Bonchev–Trinajstić information content (AvgIpc) is 3.37. The average molecular weight is 1000 g/mol. The van der Waals surface area contributed by atoms with Gasteiger partial charge >= 0.3 is 17.9 Å². The van der Waals surface area contributed by atoms with Crippen LogP contribution in [0.2, 0.25) is 0 Å². The Labute approximate surface area is 444 Å². The van der Waals surface area contributed by atoms with Crippen molar-refractivity contribution in [3.8, 4) is 0 Å². The number of hydrogen-bond donors (Lipinski definition) is 0. The Hall–Kier alpha value is -1.59. The zero-order chi connectivity index (χ0) is 51.4. The molecule has 1 atom stereocenters. The largest absolute Gasteiger partial charge is 0.462 e. The molecule has 0 aromatic rings. The zero-order valence-electron chi connectivity index (χ0n) is 48.5. The lowest BCUT2D eigenvalue weighted by Gasteiger charge is -2.18. The van der Waals surface area contributed by atoms with E-state index in [-0.39, 0.29) is 31.1 Å². The number of unbranched alkanes of at least 4 members (excludes halogenated alkanes) is 50. The third kappa shape index (κ3) is 59.2. The molecular weight excluding hydrogens is 877 g/mol. The molecule has 0 aliphatic rings. The van der Waals surface area contributed by atoms with Crippen LogP contribution in [0.1, 0.15) is 380 Å². The van der Waals surface area contributed by atoms with Crippen molar-refractivity contribution in [1.82, 2.24) is 0 Å². The predicted octanol–water partition coefficient (Wildman–Crippen LogP) is 21.9. The Morgan fingerprint density at radius 3 is 0.563 bits per heavy atom. The van der Waals surface area contributed by atoms with E-state index in [9.17, 15) is 14.4 Å². The van der Waals surface area contributed by atoms with E-state index >= 15 is 0 Å². The normalized spacial score (nSPS) is 11.9. The van der Waals surface area contributed by atoms with Crippen LogP contribution in [0.15, 0.2) is 0 Å². The summed E-state index contributed by atoms with van der Waals surface area (Å²) in [6.07, 6.45) is 69.9. The summed E-state index contributed by atoms with van der Waals surface area (Å²) in [5.74, 6) is -0.831. The van der Waals surface area contributed by atoms with Crippen molar-refractivity contribution in [2.24, 2.45) is 0 Å². The van der Waals surface area contributed by atoms with Crippen LogP contribution in [-0.2, 0) is 28.6 Å². The highest BCUT2D eigenvalue weighted by Gasteiger charge is 2.19. The number of rotatable bonds is 61. The monoisotopic (exact) mass is 1000 g/mol. The van der Waals surface area contributed by atoms with Crippen molar-refractivity contribution >= 4 is 17.9 Å². The van der Waals surface area contributed by atoms with Crippen molar-refractivity contribution in [1.29, 1.82) is 0 Å². The van der Waals surface area contributed by atoms with Crippen molar-refractivity contribution in [2.75, 3.05) is 13.2 Å². The summed E-state index contributed by atoms with van der Waals surface area (Å²) in [6, 6.07) is 0. The maximum absolute atomic E-state index is 12.9. The molecule has 0 rings (SSSR count). The predicted molar refractivity (Wildman–Crippen MR) is 307 cm³/mol. The second-order valence-electron chi connectivity index (χ2n) is 22.4. The summed E-state index contributed by atoms with van der Waals surface area (Å²) in [6.45, 7) is 6.71. The minimum atomic E-state index is -0.761. The highest BCUT2D eigenvalue weighted by atomic mass is 16.6. The molecule has 0 fully saturated rings. The Kier molecular flexibility index (Phi) is 59.6. The van der Waals surface area contributed by atoms with Gasteiger partial charge in [0.25, 0.3) is 0 Å². The quantitative estimate of drug-likeness (QED) is 0.0343. The van der Waals surface area contributed by atoms with E-state index in [0.717, 1.165) is 57.8 Å².